The van der Waals surface area contributed by atoms with Crippen molar-refractivity contribution in [2.24, 2.45) is 4.99 Å². The van der Waals surface area contributed by atoms with E-state index in [2.05, 4.69) is 9.73 Å². The number of aliphatic imine (C=N–C) groups is 1. The lowest BCUT2D eigenvalue weighted by Gasteiger charge is -2.33. The summed E-state index contributed by atoms with van der Waals surface area (Å²) in [6.45, 7) is 11.8. The Morgan fingerprint density at radius 2 is 1.62 bits per heavy atom. The number of aryl methyl sites for hydroxylation is 1. The van der Waals surface area contributed by atoms with Crippen molar-refractivity contribution in [3.05, 3.63) is 59.1 Å². The number of hydrogen-bond donors (Lipinski definition) is 2. The first kappa shape index (κ1) is 38.5. The number of β-amino-alcohol motifs (C(OH)–C–C–N with tert-alkyl or cyclic N) is 1. The second-order valence-electron chi connectivity index (χ2n) is 7.02. The van der Waals surface area contributed by atoms with Crippen LogP contribution in [0.5, 0.6) is 0 Å². The van der Waals surface area contributed by atoms with Crippen molar-refractivity contribution in [3.63, 3.8) is 0 Å². The average Bonchev–Trinajstić information content (AvgIpc) is 2.95. The Kier molecular flexibility index (Phi) is 24.4. The number of methoxy groups -OCH3 is 1. The van der Waals surface area contributed by atoms with E-state index >= 15 is 0 Å². The van der Waals surface area contributed by atoms with Crippen LogP contribution in [0.4, 0.5) is 4.39 Å². The van der Waals surface area contributed by atoms with Crippen LogP contribution in [0, 0.1) is 5.82 Å². The van der Waals surface area contributed by atoms with Crippen LogP contribution < -0.4 is 0 Å². The van der Waals surface area contributed by atoms with Crippen molar-refractivity contribution >= 4 is 24.2 Å². The molecule has 210 valence electrons. The number of hydrogen-bond acceptors (Lipinski definition) is 7. The number of allylic oxidation sites excluding steroid dienone is 2. The number of carbonyl (C=O) groups excluding carboxylic acids is 3. The second kappa shape index (κ2) is 23.4. The Hall–Kier alpha value is -3.01. The van der Waals surface area contributed by atoms with Crippen LogP contribution in [0.25, 0.3) is 0 Å². The molecule has 0 saturated heterocycles. The molecule has 1 heterocycles. The molecule has 1 aliphatic rings. The van der Waals surface area contributed by atoms with Gasteiger partial charge in [0.2, 0.25) is 0 Å². The zero-order valence-corrected chi connectivity index (χ0v) is 23.7. The van der Waals surface area contributed by atoms with Gasteiger partial charge < -0.3 is 24.6 Å². The van der Waals surface area contributed by atoms with E-state index in [9.17, 15) is 23.9 Å². The lowest BCUT2D eigenvalue weighted by Crippen LogP contribution is -2.48. The standard InChI is InChI=1S/C20H21FN2O4.C3H8O.2C2H6.CH4O/c1-20(27,13-25)12-23-18(17(22-2)10-15(11-24)19(23)26)5-3-4-14-6-8-16(21)9-7-14;1-3-4-2;3*1-2/h5-11,13,27H,3-4,12H2,1-2H3;3H2,1-2H3;2*1-2H3;2H,1H3/b18-5+,22-17?;;;;. The minimum atomic E-state index is -1.77. The smallest absolute Gasteiger partial charge is 0.261 e. The van der Waals surface area contributed by atoms with Gasteiger partial charge in [-0.25, -0.2) is 4.39 Å². The number of aldehydes is 2. The number of rotatable bonds is 8. The van der Waals surface area contributed by atoms with Crippen molar-refractivity contribution in [2.45, 2.75) is 60.0 Å². The molecule has 0 aliphatic carbocycles. The van der Waals surface area contributed by atoms with E-state index in [0.717, 1.165) is 19.3 Å². The topological polar surface area (TPSA) is 117 Å². The molecule has 1 atom stereocenters. The molecule has 1 amide bonds. The third-order valence-electron chi connectivity index (χ3n) is 4.41. The van der Waals surface area contributed by atoms with E-state index < -0.39 is 11.5 Å². The van der Waals surface area contributed by atoms with Gasteiger partial charge in [0.15, 0.2) is 12.6 Å². The van der Waals surface area contributed by atoms with Crippen LogP contribution in [0.1, 0.15) is 53.5 Å². The summed E-state index contributed by atoms with van der Waals surface area (Å²) in [5.41, 5.74) is -0.139. The van der Waals surface area contributed by atoms with Gasteiger partial charge in [0, 0.05) is 27.9 Å². The normalized spacial score (nSPS) is 15.7. The SMILES string of the molecule is CC.CC.CCOC.CN=C1C=C(C=O)C(=O)N(CC(C)(O)C=O)/C1=C/CCc1ccc(F)cc1.CO. The lowest BCUT2D eigenvalue weighted by atomic mass is 9.99. The van der Waals surface area contributed by atoms with E-state index in [4.69, 9.17) is 5.11 Å². The van der Waals surface area contributed by atoms with Crippen molar-refractivity contribution < 1.29 is 33.7 Å². The zero-order chi connectivity index (χ0) is 29.4. The number of halogens is 1. The summed E-state index contributed by atoms with van der Waals surface area (Å²) in [7, 11) is 4.20. The first-order valence-corrected chi connectivity index (χ1v) is 12.3. The fourth-order valence-corrected chi connectivity index (χ4v) is 2.71. The highest BCUT2D eigenvalue weighted by molar-refractivity contribution is 6.25. The summed E-state index contributed by atoms with van der Waals surface area (Å²) >= 11 is 0. The van der Waals surface area contributed by atoms with Gasteiger partial charge in [-0.3, -0.25) is 14.6 Å². The highest BCUT2D eigenvalue weighted by atomic mass is 19.1. The maximum atomic E-state index is 13.0. The molecule has 1 aromatic rings. The van der Waals surface area contributed by atoms with E-state index in [-0.39, 0.29) is 17.9 Å². The van der Waals surface area contributed by atoms with Gasteiger partial charge in [-0.1, -0.05) is 45.9 Å². The Balaban J connectivity index is -0.00000101. The quantitative estimate of drug-likeness (QED) is 0.393. The summed E-state index contributed by atoms with van der Waals surface area (Å²) in [5.74, 6) is -0.920. The summed E-state index contributed by atoms with van der Waals surface area (Å²) in [4.78, 5) is 40.1. The van der Waals surface area contributed by atoms with Gasteiger partial charge in [-0.2, -0.15) is 0 Å². The fourth-order valence-electron chi connectivity index (χ4n) is 2.71. The number of aliphatic hydroxyl groups excluding tert-OH is 1. The van der Waals surface area contributed by atoms with E-state index in [1.165, 1.54) is 37.1 Å². The molecular weight excluding hydrogens is 479 g/mol. The predicted molar refractivity (Wildman–Crippen MR) is 147 cm³/mol. The van der Waals surface area contributed by atoms with E-state index in [0.29, 0.717) is 36.8 Å². The molecule has 9 heteroatoms. The monoisotopic (exact) mass is 524 g/mol. The average molecular weight is 525 g/mol. The third-order valence-corrected chi connectivity index (χ3v) is 4.41. The van der Waals surface area contributed by atoms with Crippen LogP contribution in [0.15, 0.2) is 52.7 Å². The lowest BCUT2D eigenvalue weighted by molar-refractivity contribution is -0.132. The van der Waals surface area contributed by atoms with Gasteiger partial charge in [0.1, 0.15) is 11.4 Å². The molecular formula is C28H45FN2O6. The molecule has 2 rings (SSSR count). The molecule has 1 unspecified atom stereocenters. The first-order chi connectivity index (χ1) is 17.7. The zero-order valence-electron chi connectivity index (χ0n) is 23.7. The van der Waals surface area contributed by atoms with E-state index in [1.807, 2.05) is 34.6 Å². The maximum Gasteiger partial charge on any atom is 0.261 e. The molecule has 0 radical (unpaired) electrons. The van der Waals surface area contributed by atoms with Crippen molar-refractivity contribution in [1.82, 2.24) is 4.90 Å². The number of ether oxygens (including phenoxy) is 1. The first-order valence-electron chi connectivity index (χ1n) is 12.3. The number of amides is 1. The summed E-state index contributed by atoms with van der Waals surface area (Å²) < 4.78 is 17.5. The molecule has 0 bridgehead atoms. The third kappa shape index (κ3) is 15.0. The van der Waals surface area contributed by atoms with Gasteiger partial charge in [-0.05, 0) is 50.5 Å². The van der Waals surface area contributed by atoms with Crippen LogP contribution in [-0.2, 0) is 25.5 Å². The molecule has 0 aromatic heterocycles. The van der Waals surface area contributed by atoms with Crippen LogP contribution in [0.2, 0.25) is 0 Å². The van der Waals surface area contributed by atoms with Gasteiger partial charge >= 0.3 is 0 Å². The Bertz CT molecular complexity index is 860. The number of benzene rings is 1. The Morgan fingerprint density at radius 1 is 1.11 bits per heavy atom. The highest BCUT2D eigenvalue weighted by Crippen LogP contribution is 2.22. The van der Waals surface area contributed by atoms with Crippen LogP contribution in [0.3, 0.4) is 0 Å². The molecule has 1 aromatic carbocycles. The van der Waals surface area contributed by atoms with Crippen LogP contribution in [-0.4, -0.2) is 79.3 Å². The predicted octanol–water partition coefficient (Wildman–Crippen LogP) is 3.94. The molecule has 8 nitrogen and oxygen atoms in total. The largest absolute Gasteiger partial charge is 0.400 e. The Labute approximate surface area is 221 Å². The van der Waals surface area contributed by atoms with Gasteiger partial charge in [0.25, 0.3) is 5.91 Å². The van der Waals surface area contributed by atoms with Crippen LogP contribution >= 0.6 is 0 Å². The molecule has 0 saturated carbocycles. The van der Waals surface area contributed by atoms with Gasteiger partial charge in [-0.15, -0.1) is 0 Å². The fraction of sp³-hybridized carbons (Fsp3) is 0.500. The second-order valence-corrected chi connectivity index (χ2v) is 7.02. The minimum absolute atomic E-state index is 0.104. The number of aliphatic hydroxyl groups is 2. The van der Waals surface area contributed by atoms with Gasteiger partial charge in [0.05, 0.1) is 23.5 Å². The number of nitrogens with zero attached hydrogens (tertiary/aromatic N) is 2. The van der Waals surface area contributed by atoms with Crippen molar-refractivity contribution in [1.29, 1.82) is 0 Å². The number of carbonyl (C=O) groups is 3. The molecule has 37 heavy (non-hydrogen) atoms. The summed E-state index contributed by atoms with van der Waals surface area (Å²) in [6.07, 6.45) is 5.01. The Morgan fingerprint density at radius 3 is 2.03 bits per heavy atom. The van der Waals surface area contributed by atoms with E-state index in [1.54, 1.807) is 25.3 Å². The molecule has 0 spiro atoms. The minimum Gasteiger partial charge on any atom is -0.400 e. The van der Waals surface area contributed by atoms with Crippen molar-refractivity contribution in [2.75, 3.05) is 34.4 Å². The molecule has 2 N–H and O–H groups in total. The summed E-state index contributed by atoms with van der Waals surface area (Å²) in [5, 5.41) is 17.1. The maximum absolute atomic E-state index is 13.0. The molecule has 1 aliphatic heterocycles. The van der Waals surface area contributed by atoms with Crippen molar-refractivity contribution in [3.8, 4) is 0 Å². The highest BCUT2D eigenvalue weighted by Gasteiger charge is 2.34. The summed E-state index contributed by atoms with van der Waals surface area (Å²) in [6, 6.07) is 6.10. The molecule has 0 fully saturated rings.